The van der Waals surface area contributed by atoms with Crippen molar-refractivity contribution in [3.63, 3.8) is 0 Å². The van der Waals surface area contributed by atoms with Crippen LogP contribution in [0.1, 0.15) is 26.3 Å². The average Bonchev–Trinajstić information content (AvgIpc) is 2.18. The van der Waals surface area contributed by atoms with Crippen LogP contribution in [0.2, 0.25) is 0 Å². The van der Waals surface area contributed by atoms with Crippen LogP contribution in [0.15, 0.2) is 12.3 Å². The molecule has 4 heteroatoms. The zero-order valence-electron chi connectivity index (χ0n) is 8.65. The van der Waals surface area contributed by atoms with E-state index < -0.39 is 0 Å². The van der Waals surface area contributed by atoms with Gasteiger partial charge in [0.05, 0.1) is 11.8 Å². The first-order chi connectivity index (χ1) is 6.65. The fraction of sp³-hybridized carbons (Fsp3) is 0.500. The molecule has 0 saturated heterocycles. The van der Waals surface area contributed by atoms with Crippen LogP contribution in [-0.4, -0.2) is 16.2 Å². The standard InChI is InChI=1S/C10H14N4/c1-7(2)8(3)13-10-9(6-11)4-5-12-14-10/h4-5,7-8H,1-3H3,(H,13,14). The molecule has 0 saturated carbocycles. The molecule has 1 heterocycles. The summed E-state index contributed by atoms with van der Waals surface area (Å²) in [7, 11) is 0. The third-order valence-electron chi connectivity index (χ3n) is 2.21. The van der Waals surface area contributed by atoms with Crippen molar-refractivity contribution in [3.05, 3.63) is 17.8 Å². The lowest BCUT2D eigenvalue weighted by Crippen LogP contribution is -2.22. The van der Waals surface area contributed by atoms with Crippen LogP contribution >= 0.6 is 0 Å². The number of nitrogens with one attached hydrogen (secondary N) is 1. The zero-order valence-corrected chi connectivity index (χ0v) is 8.65. The van der Waals surface area contributed by atoms with E-state index in [1.54, 1.807) is 6.07 Å². The molecule has 74 valence electrons. The van der Waals surface area contributed by atoms with Crippen LogP contribution in [-0.2, 0) is 0 Å². The van der Waals surface area contributed by atoms with Crippen LogP contribution in [0.4, 0.5) is 5.82 Å². The van der Waals surface area contributed by atoms with Gasteiger partial charge in [-0.3, -0.25) is 0 Å². The summed E-state index contributed by atoms with van der Waals surface area (Å²) in [6, 6.07) is 4.01. The van der Waals surface area contributed by atoms with Gasteiger partial charge in [0.1, 0.15) is 6.07 Å². The smallest absolute Gasteiger partial charge is 0.166 e. The summed E-state index contributed by atoms with van der Waals surface area (Å²) >= 11 is 0. The minimum atomic E-state index is 0.277. The Morgan fingerprint density at radius 3 is 2.71 bits per heavy atom. The quantitative estimate of drug-likeness (QED) is 0.789. The Hall–Kier alpha value is -1.63. The van der Waals surface area contributed by atoms with E-state index in [0.717, 1.165) is 0 Å². The highest BCUT2D eigenvalue weighted by atomic mass is 15.2. The first kappa shape index (κ1) is 10.5. The summed E-state index contributed by atoms with van der Waals surface area (Å²) in [6.07, 6.45) is 1.52. The van der Waals surface area contributed by atoms with Crippen molar-refractivity contribution in [2.75, 3.05) is 5.32 Å². The molecule has 1 atom stereocenters. The Morgan fingerprint density at radius 2 is 2.14 bits per heavy atom. The highest BCUT2D eigenvalue weighted by molar-refractivity contribution is 5.50. The lowest BCUT2D eigenvalue weighted by molar-refractivity contribution is 0.557. The topological polar surface area (TPSA) is 61.6 Å². The maximum atomic E-state index is 8.81. The predicted molar refractivity (Wildman–Crippen MR) is 54.7 cm³/mol. The minimum absolute atomic E-state index is 0.277. The van der Waals surface area contributed by atoms with Crippen LogP contribution in [0.25, 0.3) is 0 Å². The van der Waals surface area contributed by atoms with Crippen molar-refractivity contribution in [1.29, 1.82) is 5.26 Å². The molecule has 0 aliphatic rings. The third-order valence-corrected chi connectivity index (χ3v) is 2.21. The van der Waals surface area contributed by atoms with Gasteiger partial charge in [0.15, 0.2) is 5.82 Å². The summed E-state index contributed by atoms with van der Waals surface area (Å²) in [5.41, 5.74) is 0.535. The van der Waals surface area contributed by atoms with Crippen LogP contribution in [0, 0.1) is 17.2 Å². The lowest BCUT2D eigenvalue weighted by atomic mass is 10.1. The molecule has 1 unspecified atom stereocenters. The molecule has 0 fully saturated rings. The molecule has 0 spiro atoms. The monoisotopic (exact) mass is 190 g/mol. The van der Waals surface area contributed by atoms with Gasteiger partial charge in [-0.15, -0.1) is 5.10 Å². The summed E-state index contributed by atoms with van der Waals surface area (Å²) in [5, 5.41) is 19.6. The zero-order chi connectivity index (χ0) is 10.6. The van der Waals surface area contributed by atoms with Crippen molar-refractivity contribution in [1.82, 2.24) is 10.2 Å². The molecule has 0 amide bonds. The van der Waals surface area contributed by atoms with E-state index in [2.05, 4.69) is 42.4 Å². The number of nitriles is 1. The Labute approximate surface area is 84.0 Å². The van der Waals surface area contributed by atoms with Gasteiger partial charge in [0, 0.05) is 6.04 Å². The third kappa shape index (κ3) is 2.43. The fourth-order valence-corrected chi connectivity index (χ4v) is 0.911. The van der Waals surface area contributed by atoms with E-state index in [4.69, 9.17) is 5.26 Å². The SMILES string of the molecule is CC(C)C(C)Nc1nnccc1C#N. The van der Waals surface area contributed by atoms with Gasteiger partial charge in [-0.05, 0) is 18.9 Å². The van der Waals surface area contributed by atoms with Gasteiger partial charge in [-0.1, -0.05) is 13.8 Å². The molecule has 0 bridgehead atoms. The van der Waals surface area contributed by atoms with E-state index in [1.807, 2.05) is 0 Å². The first-order valence-corrected chi connectivity index (χ1v) is 4.63. The second kappa shape index (κ2) is 4.56. The predicted octanol–water partition coefficient (Wildman–Crippen LogP) is 1.80. The molecule has 1 N–H and O–H groups in total. The summed E-state index contributed by atoms with van der Waals surface area (Å²) < 4.78 is 0. The number of hydrogen-bond acceptors (Lipinski definition) is 4. The highest BCUT2D eigenvalue weighted by Crippen LogP contribution is 2.12. The van der Waals surface area contributed by atoms with E-state index >= 15 is 0 Å². The number of anilines is 1. The number of hydrogen-bond donors (Lipinski definition) is 1. The summed E-state index contributed by atoms with van der Waals surface area (Å²) in [5.74, 6) is 1.06. The maximum Gasteiger partial charge on any atom is 0.166 e. The second-order valence-corrected chi connectivity index (χ2v) is 3.58. The molecule has 0 aliphatic heterocycles. The minimum Gasteiger partial charge on any atom is -0.365 e. The van der Waals surface area contributed by atoms with Crippen molar-refractivity contribution >= 4 is 5.82 Å². The number of rotatable bonds is 3. The molecular formula is C10H14N4. The van der Waals surface area contributed by atoms with Gasteiger partial charge < -0.3 is 5.32 Å². The van der Waals surface area contributed by atoms with Gasteiger partial charge in [0.25, 0.3) is 0 Å². The lowest BCUT2D eigenvalue weighted by Gasteiger charge is -2.17. The van der Waals surface area contributed by atoms with E-state index in [1.165, 1.54) is 6.20 Å². The van der Waals surface area contributed by atoms with Crippen LogP contribution in [0.3, 0.4) is 0 Å². The molecule has 1 rings (SSSR count). The largest absolute Gasteiger partial charge is 0.365 e. The molecule has 14 heavy (non-hydrogen) atoms. The van der Waals surface area contributed by atoms with Gasteiger partial charge in [-0.25, -0.2) is 0 Å². The second-order valence-electron chi connectivity index (χ2n) is 3.58. The van der Waals surface area contributed by atoms with Gasteiger partial charge in [-0.2, -0.15) is 10.4 Å². The number of nitrogens with zero attached hydrogens (tertiary/aromatic N) is 3. The van der Waals surface area contributed by atoms with E-state index in [-0.39, 0.29) is 6.04 Å². The maximum absolute atomic E-state index is 8.81. The van der Waals surface area contributed by atoms with E-state index in [0.29, 0.717) is 17.3 Å². The molecule has 1 aromatic rings. The number of aromatic nitrogens is 2. The van der Waals surface area contributed by atoms with Crippen molar-refractivity contribution in [2.24, 2.45) is 5.92 Å². The Morgan fingerprint density at radius 1 is 1.43 bits per heavy atom. The van der Waals surface area contributed by atoms with Gasteiger partial charge >= 0.3 is 0 Å². The Kier molecular flexibility index (Phi) is 3.41. The molecule has 4 nitrogen and oxygen atoms in total. The van der Waals surface area contributed by atoms with Crippen molar-refractivity contribution in [2.45, 2.75) is 26.8 Å². The highest BCUT2D eigenvalue weighted by Gasteiger charge is 2.10. The Balaban J connectivity index is 2.82. The van der Waals surface area contributed by atoms with Crippen LogP contribution < -0.4 is 5.32 Å². The van der Waals surface area contributed by atoms with Crippen molar-refractivity contribution < 1.29 is 0 Å². The molecular weight excluding hydrogens is 176 g/mol. The van der Waals surface area contributed by atoms with Crippen molar-refractivity contribution in [3.8, 4) is 6.07 Å². The molecule has 0 aromatic carbocycles. The normalized spacial score (nSPS) is 12.2. The first-order valence-electron chi connectivity index (χ1n) is 4.63. The van der Waals surface area contributed by atoms with E-state index in [9.17, 15) is 0 Å². The summed E-state index contributed by atoms with van der Waals surface area (Å²) in [4.78, 5) is 0. The fourth-order valence-electron chi connectivity index (χ4n) is 0.911. The Bertz CT molecular complexity index is 340. The molecule has 0 aliphatic carbocycles. The van der Waals surface area contributed by atoms with Crippen LogP contribution in [0.5, 0.6) is 0 Å². The summed E-state index contributed by atoms with van der Waals surface area (Å²) in [6.45, 7) is 6.28. The van der Waals surface area contributed by atoms with Gasteiger partial charge in [0.2, 0.25) is 0 Å². The average molecular weight is 190 g/mol. The molecule has 1 aromatic heterocycles. The molecule has 0 radical (unpaired) electrons.